The number of amides is 8. The third-order valence-electron chi connectivity index (χ3n) is 11.6. The highest BCUT2D eigenvalue weighted by molar-refractivity contribution is 14.1. The normalized spacial score (nSPS) is 15.6. The molecule has 396 valence electrons. The summed E-state index contributed by atoms with van der Waals surface area (Å²) in [5, 5.41) is 45.2. The maximum absolute atomic E-state index is 14.4. The molecule has 1 heterocycles. The van der Waals surface area contributed by atoms with E-state index in [1.807, 2.05) is 22.6 Å². The van der Waals surface area contributed by atoms with Crippen LogP contribution in [0, 0.1) is 9.49 Å². The number of nitrogens with two attached hydrogens (primary N) is 4. The molecule has 0 radical (unpaired) electrons. The summed E-state index contributed by atoms with van der Waals surface area (Å²) in [5.41, 5.74) is 23.2. The Kier molecular flexibility index (Phi) is 24.4. The molecule has 0 spiro atoms. The van der Waals surface area contributed by atoms with Gasteiger partial charge in [-0.3, -0.25) is 48.1 Å². The smallest absolute Gasteiger partial charge is 0.305 e. The van der Waals surface area contributed by atoms with Gasteiger partial charge in [0.15, 0.2) is 5.96 Å². The van der Waals surface area contributed by atoms with Crippen molar-refractivity contribution >= 4 is 81.8 Å². The highest BCUT2D eigenvalue weighted by atomic mass is 127. The van der Waals surface area contributed by atoms with E-state index in [1.54, 1.807) is 13.8 Å². The van der Waals surface area contributed by atoms with Crippen LogP contribution >= 0.6 is 22.6 Å². The number of halogens is 1. The van der Waals surface area contributed by atoms with Gasteiger partial charge in [-0.15, -0.1) is 0 Å². The minimum absolute atomic E-state index is 0.0174. The molecule has 3 rings (SSSR count). The van der Waals surface area contributed by atoms with Crippen molar-refractivity contribution in [3.05, 3.63) is 57.2 Å². The molecular weight excluding hydrogens is 1050 g/mol. The number of carboxylic acids is 1. The number of phenols is 2. The lowest BCUT2D eigenvalue weighted by atomic mass is 9.99. The summed E-state index contributed by atoms with van der Waals surface area (Å²) < 4.78 is 0.393. The highest BCUT2D eigenvalue weighted by Gasteiger charge is 2.37. The highest BCUT2D eigenvalue weighted by Crippen LogP contribution is 2.22. The van der Waals surface area contributed by atoms with Crippen LogP contribution in [0.5, 0.6) is 11.5 Å². The van der Waals surface area contributed by atoms with Crippen LogP contribution in [0.4, 0.5) is 0 Å². The topological polar surface area (TPSA) is 406 Å². The van der Waals surface area contributed by atoms with E-state index >= 15 is 0 Å². The van der Waals surface area contributed by atoms with E-state index in [2.05, 4.69) is 36.9 Å². The maximum Gasteiger partial charge on any atom is 0.305 e. The molecule has 72 heavy (non-hydrogen) atoms. The van der Waals surface area contributed by atoms with Gasteiger partial charge in [-0.2, -0.15) is 0 Å². The number of benzene rings is 2. The van der Waals surface area contributed by atoms with E-state index in [0.717, 1.165) is 0 Å². The number of aliphatic carboxylic acids is 1. The summed E-state index contributed by atoms with van der Waals surface area (Å²) in [4.78, 5) is 126. The SMILES string of the molecule is CC(=O)N1CCC[C@H]1C(=O)N[C@@H](CCCN=C(N)N)C(=O)N[C@@H](CCCCN)C(=O)N[C@@H](CC(C)C)C(=O)N[C@@H](Cc1ccc(O)c(I)c1)C(=O)N[C@@H](CC(=O)O)C(=O)N[C@@H](Cc1ccc(O)cc1)C(N)=O. The minimum atomic E-state index is -1.80. The first-order valence-electron chi connectivity index (χ1n) is 23.6. The number of aliphatic imine (C=N–C) groups is 1. The molecule has 25 heteroatoms. The minimum Gasteiger partial charge on any atom is -0.508 e. The molecule has 0 bridgehead atoms. The zero-order valence-corrected chi connectivity index (χ0v) is 42.8. The predicted octanol–water partition coefficient (Wildman–Crippen LogP) is -1.40. The van der Waals surface area contributed by atoms with Gasteiger partial charge in [0.2, 0.25) is 47.3 Å². The number of carboxylic acid groups (broad SMARTS) is 1. The number of hydrogen-bond donors (Lipinski definition) is 13. The molecule has 0 saturated carbocycles. The van der Waals surface area contributed by atoms with E-state index < -0.39 is 96.0 Å². The quantitative estimate of drug-likeness (QED) is 0.0193. The number of aromatic hydroxyl groups is 2. The Morgan fingerprint density at radius 3 is 1.82 bits per heavy atom. The number of carbonyl (C=O) groups excluding carboxylic acids is 8. The monoisotopic (exact) mass is 1120 g/mol. The van der Waals surface area contributed by atoms with Gasteiger partial charge in [0, 0.05) is 32.9 Å². The molecule has 0 aliphatic carbocycles. The first-order chi connectivity index (χ1) is 34.0. The molecule has 1 saturated heterocycles. The summed E-state index contributed by atoms with van der Waals surface area (Å²) in [7, 11) is 0. The van der Waals surface area contributed by atoms with E-state index in [9.17, 15) is 58.5 Å². The van der Waals surface area contributed by atoms with Crippen molar-refractivity contribution in [3.8, 4) is 11.5 Å². The number of rotatable bonds is 29. The van der Waals surface area contributed by atoms with Crippen molar-refractivity contribution in [3.63, 3.8) is 0 Å². The average molecular weight is 1120 g/mol. The first kappa shape index (κ1) is 59.5. The molecule has 8 amide bonds. The van der Waals surface area contributed by atoms with Crippen LogP contribution in [0.2, 0.25) is 0 Å². The fourth-order valence-corrected chi connectivity index (χ4v) is 8.46. The van der Waals surface area contributed by atoms with Crippen molar-refractivity contribution in [2.24, 2.45) is 33.8 Å². The number of unbranched alkanes of at least 4 members (excludes halogenated alkanes) is 1. The lowest BCUT2D eigenvalue weighted by Crippen LogP contribution is -2.60. The third-order valence-corrected chi connectivity index (χ3v) is 12.5. The second kappa shape index (κ2) is 29.5. The molecule has 0 aromatic heterocycles. The Morgan fingerprint density at radius 2 is 1.24 bits per heavy atom. The van der Waals surface area contributed by atoms with Crippen molar-refractivity contribution in [1.82, 2.24) is 36.8 Å². The molecule has 0 unspecified atom stereocenters. The van der Waals surface area contributed by atoms with Gasteiger partial charge in [0.05, 0.1) is 9.99 Å². The van der Waals surface area contributed by atoms with Crippen LogP contribution < -0.4 is 54.8 Å². The Bertz CT molecular complexity index is 2260. The van der Waals surface area contributed by atoms with Crippen molar-refractivity contribution < 1.29 is 58.5 Å². The van der Waals surface area contributed by atoms with E-state index in [-0.39, 0.29) is 80.9 Å². The lowest BCUT2D eigenvalue weighted by Gasteiger charge is -2.29. The summed E-state index contributed by atoms with van der Waals surface area (Å²) in [6.07, 6.45) is 0.790. The zero-order chi connectivity index (χ0) is 53.7. The van der Waals surface area contributed by atoms with Gasteiger partial charge in [-0.25, -0.2) is 0 Å². The second-order valence-corrected chi connectivity index (χ2v) is 19.1. The number of nitrogens with zero attached hydrogens (tertiary/aromatic N) is 2. The van der Waals surface area contributed by atoms with Crippen LogP contribution in [-0.2, 0) is 56.0 Å². The van der Waals surface area contributed by atoms with E-state index in [1.165, 1.54) is 54.3 Å². The van der Waals surface area contributed by atoms with Crippen LogP contribution in [0.25, 0.3) is 0 Å². The molecule has 2 aromatic rings. The van der Waals surface area contributed by atoms with Gasteiger partial charge < -0.3 is 75.1 Å². The van der Waals surface area contributed by atoms with Crippen molar-refractivity contribution in [1.29, 1.82) is 0 Å². The second-order valence-electron chi connectivity index (χ2n) is 18.0. The Balaban J connectivity index is 1.93. The summed E-state index contributed by atoms with van der Waals surface area (Å²) in [6.45, 7) is 5.66. The summed E-state index contributed by atoms with van der Waals surface area (Å²) in [6, 6.07) is 0.736. The molecule has 17 N–H and O–H groups in total. The summed E-state index contributed by atoms with van der Waals surface area (Å²) >= 11 is 1.86. The van der Waals surface area contributed by atoms with Crippen LogP contribution in [-0.4, -0.2) is 141 Å². The number of hydrogen-bond acceptors (Lipinski definition) is 13. The van der Waals surface area contributed by atoms with Crippen molar-refractivity contribution in [2.75, 3.05) is 19.6 Å². The lowest BCUT2D eigenvalue weighted by molar-refractivity contribution is -0.141. The van der Waals surface area contributed by atoms with Gasteiger partial charge in [0.1, 0.15) is 53.8 Å². The Morgan fingerprint density at radius 1 is 0.708 bits per heavy atom. The molecule has 1 fully saturated rings. The molecule has 2 aromatic carbocycles. The third kappa shape index (κ3) is 20.2. The van der Waals surface area contributed by atoms with Crippen LogP contribution in [0.3, 0.4) is 0 Å². The molecule has 24 nitrogen and oxygen atoms in total. The number of carbonyl (C=O) groups is 9. The predicted molar refractivity (Wildman–Crippen MR) is 272 cm³/mol. The van der Waals surface area contributed by atoms with Crippen molar-refractivity contribution in [2.45, 2.75) is 134 Å². The molecule has 7 atom stereocenters. The van der Waals surface area contributed by atoms with E-state index in [0.29, 0.717) is 46.9 Å². The number of nitrogens with one attached hydrogen (secondary N) is 6. The number of phenolic OH excluding ortho intramolecular Hbond substituents is 2. The maximum atomic E-state index is 14.4. The molecule has 1 aliphatic heterocycles. The van der Waals surface area contributed by atoms with E-state index in [4.69, 9.17) is 22.9 Å². The van der Waals surface area contributed by atoms with Crippen LogP contribution in [0.15, 0.2) is 47.5 Å². The Hall–Kier alpha value is -6.77. The van der Waals surface area contributed by atoms with Gasteiger partial charge >= 0.3 is 5.97 Å². The standard InChI is InChI=1S/C47H69IN12O12/c1-25(2)20-34(57-42(68)31(8-4-5-17-49)54-41(67)32(9-6-18-53-47(51)52)55-46(72)37-10-7-19-60(37)26(3)61)43(69)58-35(23-28-13-16-38(63)30(48)21-28)44(70)59-36(24-39(64)65)45(71)56-33(40(50)66)22-27-11-14-29(62)15-12-27/h11-16,21,25,31-37,62-63H,4-10,17-20,22-24,49H2,1-3H3,(H2,50,66)(H,54,67)(H,55,72)(H,56,71)(H,57,68)(H,58,69)(H,59,70)(H,64,65)(H4,51,52,53)/t31-,32-,33-,34-,35-,36-,37-/m0/s1. The van der Waals surface area contributed by atoms with Gasteiger partial charge in [0.25, 0.3) is 0 Å². The number of likely N-dealkylation sites (tertiary alicyclic amines) is 1. The average Bonchev–Trinajstić information content (AvgIpc) is 3.81. The molecular formula is C47H69IN12O12. The summed E-state index contributed by atoms with van der Waals surface area (Å²) in [5.74, 6) is -8.37. The largest absolute Gasteiger partial charge is 0.508 e. The first-order valence-corrected chi connectivity index (χ1v) is 24.7. The van der Waals surface area contributed by atoms with Crippen LogP contribution in [0.1, 0.15) is 89.7 Å². The fourth-order valence-electron chi connectivity index (χ4n) is 7.88. The Labute approximate surface area is 431 Å². The number of primary amides is 1. The molecule has 1 aliphatic rings. The van der Waals surface area contributed by atoms with Gasteiger partial charge in [-0.1, -0.05) is 32.0 Å². The zero-order valence-electron chi connectivity index (χ0n) is 40.7. The number of guanidine groups is 1. The van der Waals surface area contributed by atoms with Gasteiger partial charge in [-0.05, 0) is 122 Å². The fraction of sp³-hybridized carbons (Fsp3) is 0.532.